The summed E-state index contributed by atoms with van der Waals surface area (Å²) in [6.07, 6.45) is 0. The zero-order valence-electron chi connectivity index (χ0n) is 16.9. The van der Waals surface area contributed by atoms with Gasteiger partial charge in [0.15, 0.2) is 5.78 Å². The normalized spacial score (nSPS) is 17.6. The van der Waals surface area contributed by atoms with Crippen LogP contribution in [-0.2, 0) is 9.59 Å². The number of ketones is 2. The van der Waals surface area contributed by atoms with Gasteiger partial charge in [-0.2, -0.15) is 0 Å². The van der Waals surface area contributed by atoms with Crippen molar-refractivity contribution in [2.45, 2.75) is 13.0 Å². The van der Waals surface area contributed by atoms with Gasteiger partial charge < -0.3 is 5.11 Å². The summed E-state index contributed by atoms with van der Waals surface area (Å²) in [5.41, 5.74) is 1.95. The van der Waals surface area contributed by atoms with Gasteiger partial charge in [0.2, 0.25) is 0 Å². The molecule has 0 saturated carbocycles. The van der Waals surface area contributed by atoms with Crippen LogP contribution in [0, 0.1) is 0 Å². The molecule has 32 heavy (non-hydrogen) atoms. The van der Waals surface area contributed by atoms with Crippen molar-refractivity contribution in [1.82, 2.24) is 0 Å². The van der Waals surface area contributed by atoms with Crippen molar-refractivity contribution in [2.24, 2.45) is 0 Å². The van der Waals surface area contributed by atoms with Crippen LogP contribution in [0.1, 0.15) is 34.5 Å². The molecule has 0 bridgehead atoms. The Hall–Kier alpha value is -3.22. The van der Waals surface area contributed by atoms with Crippen LogP contribution in [0.5, 0.6) is 0 Å². The number of benzene rings is 3. The molecule has 1 amide bonds. The number of hydrogen-bond acceptors (Lipinski definition) is 4. The highest BCUT2D eigenvalue weighted by molar-refractivity contribution is 9.10. The number of halogens is 2. The Kier molecular flexibility index (Phi) is 6.00. The van der Waals surface area contributed by atoms with Gasteiger partial charge in [-0.3, -0.25) is 19.3 Å². The fourth-order valence-electron chi connectivity index (χ4n) is 3.68. The van der Waals surface area contributed by atoms with E-state index < -0.39 is 17.7 Å². The molecular weight excluding hydrogens is 494 g/mol. The molecule has 7 heteroatoms. The summed E-state index contributed by atoms with van der Waals surface area (Å²) >= 11 is 9.34. The van der Waals surface area contributed by atoms with Crippen LogP contribution in [0.4, 0.5) is 5.69 Å². The fraction of sp³-hybridized carbons (Fsp3) is 0.0800. The standard InChI is InChI=1S/C25H17BrClNO4/c1-14(29)15-6-12-20(13-7-15)28-22(16-2-8-18(26)9-3-16)21(24(31)25(28)32)23(30)17-4-10-19(27)11-5-17/h2-13,22,30H,1H3/b23-21+. The third-order valence-electron chi connectivity index (χ3n) is 5.30. The number of rotatable bonds is 4. The molecule has 0 radical (unpaired) electrons. The van der Waals surface area contributed by atoms with Gasteiger partial charge in [-0.15, -0.1) is 0 Å². The topological polar surface area (TPSA) is 74.7 Å². The van der Waals surface area contributed by atoms with E-state index >= 15 is 0 Å². The van der Waals surface area contributed by atoms with Gasteiger partial charge in [0.05, 0.1) is 11.6 Å². The van der Waals surface area contributed by atoms with E-state index in [-0.39, 0.29) is 17.1 Å². The zero-order chi connectivity index (χ0) is 23.0. The van der Waals surface area contributed by atoms with Crippen molar-refractivity contribution in [3.05, 3.63) is 105 Å². The number of anilines is 1. The molecule has 160 valence electrons. The number of nitrogens with zero attached hydrogens (tertiary/aromatic N) is 1. The van der Waals surface area contributed by atoms with Crippen molar-refractivity contribution in [3.63, 3.8) is 0 Å². The molecule has 4 rings (SSSR count). The first-order valence-electron chi connectivity index (χ1n) is 9.71. The van der Waals surface area contributed by atoms with Crippen LogP contribution in [0.25, 0.3) is 5.76 Å². The Morgan fingerprint density at radius 1 is 0.906 bits per heavy atom. The summed E-state index contributed by atoms with van der Waals surface area (Å²) in [6, 6.07) is 19.2. The Labute approximate surface area is 198 Å². The van der Waals surface area contributed by atoms with Gasteiger partial charge in [-0.1, -0.05) is 39.7 Å². The fourth-order valence-corrected chi connectivity index (χ4v) is 4.07. The monoisotopic (exact) mass is 509 g/mol. The van der Waals surface area contributed by atoms with Gasteiger partial charge in [-0.05, 0) is 73.2 Å². The second-order valence-corrected chi connectivity index (χ2v) is 8.68. The molecule has 1 atom stereocenters. The van der Waals surface area contributed by atoms with E-state index in [2.05, 4.69) is 15.9 Å². The molecule has 3 aromatic rings. The first-order chi connectivity index (χ1) is 15.3. The number of amides is 1. The average molecular weight is 511 g/mol. The Balaban J connectivity index is 1.91. The molecule has 0 spiro atoms. The van der Waals surface area contributed by atoms with Gasteiger partial charge in [0.1, 0.15) is 5.76 Å². The van der Waals surface area contributed by atoms with E-state index in [1.54, 1.807) is 72.8 Å². The summed E-state index contributed by atoms with van der Waals surface area (Å²) in [5, 5.41) is 11.5. The molecule has 1 heterocycles. The number of aliphatic hydroxyl groups excluding tert-OH is 1. The van der Waals surface area contributed by atoms with Crippen LogP contribution in [0.15, 0.2) is 82.8 Å². The molecule has 1 N–H and O–H groups in total. The average Bonchev–Trinajstić information content (AvgIpc) is 3.05. The third kappa shape index (κ3) is 3.99. The van der Waals surface area contributed by atoms with E-state index in [1.165, 1.54) is 11.8 Å². The minimum Gasteiger partial charge on any atom is -0.507 e. The van der Waals surface area contributed by atoms with Crippen LogP contribution >= 0.6 is 27.5 Å². The predicted octanol–water partition coefficient (Wildman–Crippen LogP) is 5.93. The first kappa shape index (κ1) is 22.0. The van der Waals surface area contributed by atoms with Crippen LogP contribution in [-0.4, -0.2) is 22.6 Å². The predicted molar refractivity (Wildman–Crippen MR) is 127 cm³/mol. The summed E-state index contributed by atoms with van der Waals surface area (Å²) in [5.74, 6) is -1.94. The minimum absolute atomic E-state index is 0.0183. The number of hydrogen-bond donors (Lipinski definition) is 1. The molecule has 0 aromatic heterocycles. The van der Waals surface area contributed by atoms with Crippen LogP contribution in [0.3, 0.4) is 0 Å². The second-order valence-electron chi connectivity index (χ2n) is 7.33. The molecule has 1 unspecified atom stereocenters. The molecule has 1 fully saturated rings. The van der Waals surface area contributed by atoms with Crippen molar-refractivity contribution >= 4 is 56.5 Å². The molecule has 1 aliphatic rings. The smallest absolute Gasteiger partial charge is 0.300 e. The summed E-state index contributed by atoms with van der Waals surface area (Å²) in [4.78, 5) is 39.2. The lowest BCUT2D eigenvalue weighted by Crippen LogP contribution is -2.29. The van der Waals surface area contributed by atoms with E-state index in [0.29, 0.717) is 27.4 Å². The van der Waals surface area contributed by atoms with Crippen molar-refractivity contribution in [1.29, 1.82) is 0 Å². The Bertz CT molecular complexity index is 1250. The maximum atomic E-state index is 13.1. The second kappa shape index (κ2) is 8.73. The lowest BCUT2D eigenvalue weighted by Gasteiger charge is -2.25. The van der Waals surface area contributed by atoms with Gasteiger partial charge in [0.25, 0.3) is 11.7 Å². The minimum atomic E-state index is -0.845. The van der Waals surface area contributed by atoms with Crippen molar-refractivity contribution < 1.29 is 19.5 Å². The molecule has 1 aliphatic heterocycles. The highest BCUT2D eigenvalue weighted by Gasteiger charge is 2.46. The maximum Gasteiger partial charge on any atom is 0.300 e. The largest absolute Gasteiger partial charge is 0.507 e. The molecule has 5 nitrogen and oxygen atoms in total. The van der Waals surface area contributed by atoms with Gasteiger partial charge in [0, 0.05) is 26.3 Å². The van der Waals surface area contributed by atoms with Gasteiger partial charge in [-0.25, -0.2) is 0 Å². The first-order valence-corrected chi connectivity index (χ1v) is 10.9. The highest BCUT2D eigenvalue weighted by atomic mass is 79.9. The summed E-state index contributed by atoms with van der Waals surface area (Å²) in [7, 11) is 0. The highest BCUT2D eigenvalue weighted by Crippen LogP contribution is 2.42. The Morgan fingerprint density at radius 3 is 2.03 bits per heavy atom. The SMILES string of the molecule is CC(=O)c1ccc(N2C(=O)C(=O)/C(=C(/O)c3ccc(Cl)cc3)C2c2ccc(Br)cc2)cc1. The van der Waals surface area contributed by atoms with Gasteiger partial charge >= 0.3 is 0 Å². The summed E-state index contributed by atoms with van der Waals surface area (Å²) < 4.78 is 0.835. The van der Waals surface area contributed by atoms with Crippen molar-refractivity contribution in [3.8, 4) is 0 Å². The maximum absolute atomic E-state index is 13.1. The Morgan fingerprint density at radius 2 is 1.47 bits per heavy atom. The molecule has 0 aliphatic carbocycles. The lowest BCUT2D eigenvalue weighted by molar-refractivity contribution is -0.132. The lowest BCUT2D eigenvalue weighted by atomic mass is 9.95. The van der Waals surface area contributed by atoms with Crippen LogP contribution < -0.4 is 4.90 Å². The quantitative estimate of drug-likeness (QED) is 0.204. The van der Waals surface area contributed by atoms with E-state index in [0.717, 1.165) is 4.47 Å². The number of aliphatic hydroxyl groups is 1. The summed E-state index contributed by atoms with van der Waals surface area (Å²) in [6.45, 7) is 1.45. The molecular formula is C25H17BrClNO4. The van der Waals surface area contributed by atoms with Crippen molar-refractivity contribution in [2.75, 3.05) is 4.90 Å². The van der Waals surface area contributed by atoms with E-state index in [4.69, 9.17) is 11.6 Å². The number of carbonyl (C=O) groups excluding carboxylic acids is 3. The molecule has 3 aromatic carbocycles. The third-order valence-corrected chi connectivity index (χ3v) is 6.08. The van der Waals surface area contributed by atoms with E-state index in [9.17, 15) is 19.5 Å². The number of carbonyl (C=O) groups is 3. The van der Waals surface area contributed by atoms with Crippen LogP contribution in [0.2, 0.25) is 5.02 Å². The van der Waals surface area contributed by atoms with E-state index in [1.807, 2.05) is 0 Å². The molecule has 1 saturated heterocycles. The zero-order valence-corrected chi connectivity index (χ0v) is 19.2. The number of Topliss-reactive ketones (excluding diaryl/α,β-unsaturated/α-hetero) is 2.